The molecule has 3 atom stereocenters. The number of rotatable bonds is 48. The SMILES string of the molecule is CC/C=C\C/C=C\C/C=C\C/C=C\C/C=C\C/C=C\CCCCCCCCCCCCCCCCCCCCCCC(=O)NC(COP(=O)(O)OCC[N+](C)(C)C)C(O)/C=C/CCCCC. The minimum Gasteiger partial charge on any atom is -0.387 e. The van der Waals surface area contributed by atoms with E-state index in [-0.39, 0.29) is 19.1 Å². The van der Waals surface area contributed by atoms with Gasteiger partial charge in [-0.2, -0.15) is 0 Å². The molecule has 0 aliphatic heterocycles. The topological polar surface area (TPSA) is 105 Å². The third-order valence-corrected chi connectivity index (χ3v) is 12.6. The van der Waals surface area contributed by atoms with Crippen LogP contribution in [-0.4, -0.2) is 73.4 Å². The number of aliphatic hydroxyl groups excluding tert-OH is 1. The molecule has 0 saturated heterocycles. The van der Waals surface area contributed by atoms with Crippen molar-refractivity contribution in [1.29, 1.82) is 0 Å². The maximum atomic E-state index is 12.8. The van der Waals surface area contributed by atoms with Crippen molar-refractivity contribution < 1.29 is 32.9 Å². The Morgan fingerprint density at radius 1 is 0.530 bits per heavy atom. The fourth-order valence-corrected chi connectivity index (χ4v) is 8.13. The van der Waals surface area contributed by atoms with E-state index in [1.54, 1.807) is 6.08 Å². The summed E-state index contributed by atoms with van der Waals surface area (Å²) in [5.74, 6) is -0.185. The highest BCUT2D eigenvalue weighted by molar-refractivity contribution is 7.47. The molecule has 0 rings (SSSR count). The first kappa shape index (κ1) is 63.7. The molecule has 382 valence electrons. The second-order valence-electron chi connectivity index (χ2n) is 19.2. The molecule has 3 unspecified atom stereocenters. The number of hydrogen-bond acceptors (Lipinski definition) is 5. The van der Waals surface area contributed by atoms with Crippen molar-refractivity contribution in [1.82, 2.24) is 5.32 Å². The summed E-state index contributed by atoms with van der Waals surface area (Å²) in [6.07, 6.45) is 67.5. The van der Waals surface area contributed by atoms with E-state index in [2.05, 4.69) is 92.1 Å². The highest BCUT2D eigenvalue weighted by Gasteiger charge is 2.27. The van der Waals surface area contributed by atoms with E-state index in [4.69, 9.17) is 9.05 Å². The molecule has 0 aliphatic rings. The molecular weight excluding hydrogens is 840 g/mol. The molecule has 0 aromatic rings. The first-order chi connectivity index (χ1) is 32.0. The van der Waals surface area contributed by atoms with Crippen molar-refractivity contribution in [3.63, 3.8) is 0 Å². The summed E-state index contributed by atoms with van der Waals surface area (Å²) in [4.78, 5) is 23.0. The molecule has 0 aromatic heterocycles. The molecule has 0 heterocycles. The molecule has 66 heavy (non-hydrogen) atoms. The highest BCUT2D eigenvalue weighted by atomic mass is 31.2. The number of unbranched alkanes of at least 4 members (excludes halogenated alkanes) is 23. The predicted molar refractivity (Wildman–Crippen MR) is 286 cm³/mol. The number of likely N-dealkylation sites (N-methyl/N-ethyl adjacent to an activating group) is 1. The van der Waals surface area contributed by atoms with Crippen molar-refractivity contribution in [3.8, 4) is 0 Å². The van der Waals surface area contributed by atoms with Gasteiger partial charge in [0.1, 0.15) is 13.2 Å². The van der Waals surface area contributed by atoms with Gasteiger partial charge in [0.15, 0.2) is 0 Å². The lowest BCUT2D eigenvalue weighted by molar-refractivity contribution is -0.870. The molecule has 3 N–H and O–H groups in total. The largest absolute Gasteiger partial charge is 0.472 e. The fourth-order valence-electron chi connectivity index (χ4n) is 7.40. The quantitative estimate of drug-likeness (QED) is 0.0243. The molecule has 0 radical (unpaired) electrons. The molecule has 0 aliphatic carbocycles. The van der Waals surface area contributed by atoms with Gasteiger partial charge in [-0.15, -0.1) is 0 Å². The normalized spacial score (nSPS) is 14.7. The number of carbonyl (C=O) groups excluding carboxylic acids is 1. The summed E-state index contributed by atoms with van der Waals surface area (Å²) in [5.41, 5.74) is 0. The van der Waals surface area contributed by atoms with Crippen molar-refractivity contribution in [2.75, 3.05) is 40.9 Å². The molecule has 0 spiro atoms. The van der Waals surface area contributed by atoms with Gasteiger partial charge >= 0.3 is 7.82 Å². The lowest BCUT2D eigenvalue weighted by Crippen LogP contribution is -2.45. The van der Waals surface area contributed by atoms with Crippen molar-refractivity contribution in [2.45, 2.75) is 231 Å². The van der Waals surface area contributed by atoms with Gasteiger partial charge in [0.05, 0.1) is 39.9 Å². The highest BCUT2D eigenvalue weighted by Crippen LogP contribution is 2.43. The van der Waals surface area contributed by atoms with Gasteiger partial charge in [-0.1, -0.05) is 227 Å². The Labute approximate surface area is 407 Å². The van der Waals surface area contributed by atoms with Gasteiger partial charge in [0.2, 0.25) is 5.91 Å². The number of nitrogens with one attached hydrogen (secondary N) is 1. The monoisotopic (exact) mass is 944 g/mol. The van der Waals surface area contributed by atoms with E-state index in [1.165, 1.54) is 116 Å². The summed E-state index contributed by atoms with van der Waals surface area (Å²) >= 11 is 0. The molecule has 0 saturated carbocycles. The van der Waals surface area contributed by atoms with Crippen LogP contribution in [0.2, 0.25) is 0 Å². The number of amides is 1. The summed E-state index contributed by atoms with van der Waals surface area (Å²) in [6, 6.07) is -0.843. The molecule has 0 bridgehead atoms. The lowest BCUT2D eigenvalue weighted by Gasteiger charge is -2.25. The lowest BCUT2D eigenvalue weighted by atomic mass is 10.0. The molecule has 0 fully saturated rings. The third-order valence-electron chi connectivity index (χ3n) is 11.6. The van der Waals surface area contributed by atoms with Gasteiger partial charge < -0.3 is 19.8 Å². The number of aliphatic hydroxyl groups is 1. The van der Waals surface area contributed by atoms with E-state index in [1.807, 2.05) is 27.2 Å². The number of allylic oxidation sites excluding steroid dienone is 13. The first-order valence-corrected chi connectivity index (χ1v) is 28.5. The second kappa shape index (κ2) is 47.7. The number of phosphoric acid groups is 1. The number of phosphoric ester groups is 1. The van der Waals surface area contributed by atoms with Crippen LogP contribution in [0.4, 0.5) is 0 Å². The second-order valence-corrected chi connectivity index (χ2v) is 20.7. The fraction of sp³-hybridized carbons (Fsp3) is 0.737. The molecule has 8 nitrogen and oxygen atoms in total. The van der Waals surface area contributed by atoms with E-state index in [9.17, 15) is 19.4 Å². The van der Waals surface area contributed by atoms with Crippen LogP contribution in [0.15, 0.2) is 85.1 Å². The Bertz CT molecular complexity index is 1350. The standard InChI is InChI=1S/C57H103N2O6P/c1-6-8-10-12-13-14-15-16-17-18-19-20-21-22-23-24-25-26-27-28-29-30-31-32-33-34-35-36-37-38-39-40-41-42-43-44-45-47-49-51-57(61)58-55(56(60)50-48-46-11-9-7-2)54-65-66(62,63)64-53-52-59(3,4)5/h8,10,13-14,16-17,19-20,22-23,25-26,48,50,55-56,60H,6-7,9,11-12,15,18,21,24,27-47,49,51-54H2,1-5H3,(H-,58,61,62,63)/p+1/b10-8-,14-13-,17-16-,20-19-,23-22-,26-25-,50-48+. The number of quaternary nitrogens is 1. The smallest absolute Gasteiger partial charge is 0.387 e. The summed E-state index contributed by atoms with van der Waals surface area (Å²) < 4.78 is 23.4. The van der Waals surface area contributed by atoms with E-state index >= 15 is 0 Å². The van der Waals surface area contributed by atoms with E-state index in [0.717, 1.165) is 83.5 Å². The number of carbonyl (C=O) groups is 1. The van der Waals surface area contributed by atoms with Crippen LogP contribution in [0.3, 0.4) is 0 Å². The first-order valence-electron chi connectivity index (χ1n) is 27.0. The van der Waals surface area contributed by atoms with Gasteiger partial charge in [-0.05, 0) is 70.6 Å². The summed E-state index contributed by atoms with van der Waals surface area (Å²) in [7, 11) is 1.56. The van der Waals surface area contributed by atoms with Crippen LogP contribution >= 0.6 is 7.82 Å². The van der Waals surface area contributed by atoms with Crippen molar-refractivity contribution in [2.24, 2.45) is 0 Å². The van der Waals surface area contributed by atoms with Crippen LogP contribution in [0.5, 0.6) is 0 Å². The Morgan fingerprint density at radius 2 is 0.909 bits per heavy atom. The molecule has 9 heteroatoms. The maximum Gasteiger partial charge on any atom is 0.472 e. The molecular formula is C57H104N2O6P+. The maximum absolute atomic E-state index is 12.8. The summed E-state index contributed by atoms with van der Waals surface area (Å²) in [6.45, 7) is 4.58. The molecule has 1 amide bonds. The minimum atomic E-state index is -4.33. The average Bonchev–Trinajstić information content (AvgIpc) is 3.27. The van der Waals surface area contributed by atoms with Crippen LogP contribution < -0.4 is 5.32 Å². The van der Waals surface area contributed by atoms with Gasteiger partial charge in [0.25, 0.3) is 0 Å². The van der Waals surface area contributed by atoms with Crippen molar-refractivity contribution in [3.05, 3.63) is 85.1 Å². The third kappa shape index (κ3) is 49.6. The van der Waals surface area contributed by atoms with Gasteiger partial charge in [-0.25, -0.2) is 4.57 Å². The van der Waals surface area contributed by atoms with Gasteiger partial charge in [-0.3, -0.25) is 13.8 Å². The van der Waals surface area contributed by atoms with Crippen LogP contribution in [0.25, 0.3) is 0 Å². The predicted octanol–water partition coefficient (Wildman–Crippen LogP) is 16.1. The zero-order chi connectivity index (χ0) is 48.5. The van der Waals surface area contributed by atoms with Gasteiger partial charge in [0, 0.05) is 6.42 Å². The van der Waals surface area contributed by atoms with Crippen LogP contribution in [-0.2, 0) is 18.4 Å². The number of nitrogens with zero attached hydrogens (tertiary/aromatic N) is 1. The number of hydrogen-bond donors (Lipinski definition) is 3. The Morgan fingerprint density at radius 3 is 1.33 bits per heavy atom. The van der Waals surface area contributed by atoms with Crippen LogP contribution in [0.1, 0.15) is 219 Å². The Kier molecular flexibility index (Phi) is 46.1. The van der Waals surface area contributed by atoms with E-state index in [0.29, 0.717) is 17.4 Å². The molecule has 0 aromatic carbocycles. The Balaban J connectivity index is 3.76. The minimum absolute atomic E-state index is 0.0593. The van der Waals surface area contributed by atoms with Crippen LogP contribution in [0, 0.1) is 0 Å². The average molecular weight is 944 g/mol. The summed E-state index contributed by atoms with van der Waals surface area (Å²) in [5, 5.41) is 13.6. The van der Waals surface area contributed by atoms with Crippen molar-refractivity contribution >= 4 is 13.7 Å². The van der Waals surface area contributed by atoms with E-state index < -0.39 is 20.0 Å². The Hall–Kier alpha value is -2.32. The zero-order valence-electron chi connectivity index (χ0n) is 43.4. The zero-order valence-corrected chi connectivity index (χ0v) is 44.3.